The summed E-state index contributed by atoms with van der Waals surface area (Å²) in [7, 11) is 0. The molecule has 0 aliphatic heterocycles. The maximum absolute atomic E-state index is 5.54. The van der Waals surface area contributed by atoms with Gasteiger partial charge in [-0.2, -0.15) is 0 Å². The highest BCUT2D eigenvalue weighted by molar-refractivity contribution is 14.0. The fourth-order valence-electron chi connectivity index (χ4n) is 2.05. The van der Waals surface area contributed by atoms with Crippen LogP contribution in [0.3, 0.4) is 0 Å². The van der Waals surface area contributed by atoms with E-state index in [1.54, 1.807) is 11.3 Å². The van der Waals surface area contributed by atoms with Crippen LogP contribution in [-0.2, 0) is 22.3 Å². The number of rotatable bonds is 14. The molecule has 0 aliphatic carbocycles. The maximum atomic E-state index is 5.54. The second-order valence-corrected chi connectivity index (χ2v) is 6.79. The fourth-order valence-corrected chi connectivity index (χ4v) is 2.91. The molecule has 0 unspecified atom stereocenters. The highest BCUT2D eigenvalue weighted by Gasteiger charge is 2.02. The van der Waals surface area contributed by atoms with Crippen LogP contribution in [0.15, 0.2) is 11.2 Å². The summed E-state index contributed by atoms with van der Waals surface area (Å²) in [6, 6.07) is 0. The van der Waals surface area contributed by atoms with Crippen molar-refractivity contribution in [3.63, 3.8) is 0 Å². The number of aryl methyl sites for hydroxylation is 1. The van der Waals surface area contributed by atoms with Gasteiger partial charge in [0.25, 0.3) is 0 Å². The Labute approximate surface area is 179 Å². The third-order valence-corrected chi connectivity index (χ3v) is 4.65. The molecule has 0 amide bonds. The van der Waals surface area contributed by atoms with Crippen LogP contribution in [0.4, 0.5) is 0 Å². The molecule has 0 bridgehead atoms. The van der Waals surface area contributed by atoms with Gasteiger partial charge in [-0.1, -0.05) is 20.3 Å². The third kappa shape index (κ3) is 12.8. The van der Waals surface area contributed by atoms with Crippen molar-refractivity contribution in [1.29, 1.82) is 0 Å². The molecule has 0 spiro atoms. The zero-order valence-corrected chi connectivity index (χ0v) is 19.5. The van der Waals surface area contributed by atoms with E-state index in [9.17, 15) is 0 Å². The number of halogens is 1. The number of guanidine groups is 1. The number of nitrogens with zero attached hydrogens (tertiary/aromatic N) is 2. The first-order chi connectivity index (χ1) is 12.3. The zero-order chi connectivity index (χ0) is 18.2. The van der Waals surface area contributed by atoms with Gasteiger partial charge in [0.2, 0.25) is 0 Å². The number of thiazole rings is 1. The summed E-state index contributed by atoms with van der Waals surface area (Å²) in [5.74, 6) is 0.831. The number of aromatic nitrogens is 1. The molecular formula is C18H35IN4O2S. The van der Waals surface area contributed by atoms with Crippen LogP contribution in [0.5, 0.6) is 0 Å². The van der Waals surface area contributed by atoms with Gasteiger partial charge in [0.15, 0.2) is 5.96 Å². The SMILES string of the molecule is CCCCOCCOCCN=C(NCC)NCCc1ncc(CC)s1.I. The summed E-state index contributed by atoms with van der Waals surface area (Å²) in [6.07, 6.45) is 6.23. The van der Waals surface area contributed by atoms with Crippen molar-refractivity contribution in [3.8, 4) is 0 Å². The molecule has 1 aromatic heterocycles. The molecule has 8 heteroatoms. The topological polar surface area (TPSA) is 67.8 Å². The van der Waals surface area contributed by atoms with Crippen LogP contribution in [0, 0.1) is 0 Å². The summed E-state index contributed by atoms with van der Waals surface area (Å²) in [5.41, 5.74) is 0. The number of hydrogen-bond donors (Lipinski definition) is 2. The predicted octanol–water partition coefficient (Wildman–Crippen LogP) is 3.25. The highest BCUT2D eigenvalue weighted by atomic mass is 127. The summed E-state index contributed by atoms with van der Waals surface area (Å²) >= 11 is 1.79. The molecule has 6 nitrogen and oxygen atoms in total. The lowest BCUT2D eigenvalue weighted by molar-refractivity contribution is 0.0497. The van der Waals surface area contributed by atoms with E-state index in [2.05, 4.69) is 41.4 Å². The number of nitrogens with one attached hydrogen (secondary N) is 2. The van der Waals surface area contributed by atoms with Gasteiger partial charge in [-0.05, 0) is 19.8 Å². The van der Waals surface area contributed by atoms with Crippen molar-refractivity contribution >= 4 is 41.3 Å². The number of aliphatic imine (C=N–C) groups is 1. The van der Waals surface area contributed by atoms with Crippen LogP contribution in [0.1, 0.15) is 43.5 Å². The average Bonchev–Trinajstić information content (AvgIpc) is 3.08. The smallest absolute Gasteiger partial charge is 0.191 e. The molecule has 0 saturated carbocycles. The van der Waals surface area contributed by atoms with Crippen molar-refractivity contribution in [1.82, 2.24) is 15.6 Å². The monoisotopic (exact) mass is 498 g/mol. The maximum Gasteiger partial charge on any atom is 0.191 e. The minimum Gasteiger partial charge on any atom is -0.379 e. The second-order valence-electron chi connectivity index (χ2n) is 5.59. The van der Waals surface area contributed by atoms with E-state index >= 15 is 0 Å². The van der Waals surface area contributed by atoms with Crippen LogP contribution < -0.4 is 10.6 Å². The van der Waals surface area contributed by atoms with Gasteiger partial charge in [0.1, 0.15) is 0 Å². The van der Waals surface area contributed by atoms with E-state index in [1.807, 2.05) is 6.20 Å². The highest BCUT2D eigenvalue weighted by Crippen LogP contribution is 2.13. The number of hydrogen-bond acceptors (Lipinski definition) is 5. The number of unbranched alkanes of at least 4 members (excludes halogenated alkanes) is 1. The Morgan fingerprint density at radius 3 is 2.54 bits per heavy atom. The molecule has 1 aromatic rings. The summed E-state index contributed by atoms with van der Waals surface area (Å²) < 4.78 is 11.0. The molecule has 0 fully saturated rings. The summed E-state index contributed by atoms with van der Waals surface area (Å²) in [6.45, 7) is 11.4. The van der Waals surface area contributed by atoms with Crippen molar-refractivity contribution in [2.45, 2.75) is 46.5 Å². The lowest BCUT2D eigenvalue weighted by Gasteiger charge is -2.10. The Morgan fingerprint density at radius 1 is 1.12 bits per heavy atom. The molecule has 0 atom stereocenters. The first-order valence-corrected chi connectivity index (χ1v) is 10.2. The van der Waals surface area contributed by atoms with Gasteiger partial charge < -0.3 is 20.1 Å². The van der Waals surface area contributed by atoms with Gasteiger partial charge in [-0.3, -0.25) is 4.99 Å². The van der Waals surface area contributed by atoms with Crippen LogP contribution in [0.2, 0.25) is 0 Å². The van der Waals surface area contributed by atoms with E-state index in [-0.39, 0.29) is 24.0 Å². The lowest BCUT2D eigenvalue weighted by Crippen LogP contribution is -2.38. The molecule has 0 aliphatic rings. The van der Waals surface area contributed by atoms with E-state index in [4.69, 9.17) is 9.47 Å². The Morgan fingerprint density at radius 2 is 1.88 bits per heavy atom. The standard InChI is InChI=1S/C18H34N4O2S.HI/c1-4-7-11-23-13-14-24-12-10-21-18(19-6-3)20-9-8-17-22-15-16(5-2)25-17;/h15H,4-14H2,1-3H3,(H2,19,20,21);1H. The minimum absolute atomic E-state index is 0. The lowest BCUT2D eigenvalue weighted by atomic mass is 10.4. The molecular weight excluding hydrogens is 463 g/mol. The fraction of sp³-hybridized carbons (Fsp3) is 0.778. The minimum atomic E-state index is 0. The largest absolute Gasteiger partial charge is 0.379 e. The number of ether oxygens (including phenoxy) is 2. The Bertz CT molecular complexity index is 472. The van der Waals surface area contributed by atoms with Gasteiger partial charge in [-0.25, -0.2) is 4.98 Å². The molecule has 2 N–H and O–H groups in total. The summed E-state index contributed by atoms with van der Waals surface area (Å²) in [5, 5.41) is 7.77. The Kier molecular flexibility index (Phi) is 17.6. The predicted molar refractivity (Wildman–Crippen MR) is 121 cm³/mol. The van der Waals surface area contributed by atoms with Crippen molar-refractivity contribution in [3.05, 3.63) is 16.1 Å². The second kappa shape index (κ2) is 17.9. The van der Waals surface area contributed by atoms with Crippen LogP contribution >= 0.6 is 35.3 Å². The third-order valence-electron chi connectivity index (χ3n) is 3.45. The van der Waals surface area contributed by atoms with Crippen LogP contribution in [0.25, 0.3) is 0 Å². The first-order valence-electron chi connectivity index (χ1n) is 9.41. The molecule has 1 rings (SSSR count). The van der Waals surface area contributed by atoms with Gasteiger partial charge in [0, 0.05) is 37.2 Å². The van der Waals surface area contributed by atoms with Crippen LogP contribution in [-0.4, -0.2) is 57.0 Å². The van der Waals surface area contributed by atoms with E-state index in [0.717, 1.165) is 51.3 Å². The Balaban J connectivity index is 0.00000625. The van der Waals surface area contributed by atoms with Gasteiger partial charge in [-0.15, -0.1) is 35.3 Å². The van der Waals surface area contributed by atoms with Crippen molar-refractivity contribution < 1.29 is 9.47 Å². The Hall–Kier alpha value is -0.450. The zero-order valence-electron chi connectivity index (χ0n) is 16.4. The molecule has 0 aromatic carbocycles. The average molecular weight is 498 g/mol. The van der Waals surface area contributed by atoms with Crippen molar-refractivity contribution in [2.75, 3.05) is 46.1 Å². The van der Waals surface area contributed by atoms with Gasteiger partial charge in [0.05, 0.1) is 31.4 Å². The molecule has 26 heavy (non-hydrogen) atoms. The van der Waals surface area contributed by atoms with Gasteiger partial charge >= 0.3 is 0 Å². The normalized spacial score (nSPS) is 11.3. The van der Waals surface area contributed by atoms with Crippen molar-refractivity contribution in [2.24, 2.45) is 4.99 Å². The van der Waals surface area contributed by atoms with E-state index < -0.39 is 0 Å². The van der Waals surface area contributed by atoms with E-state index in [0.29, 0.717) is 26.4 Å². The quantitative estimate of drug-likeness (QED) is 0.178. The first kappa shape index (κ1) is 25.6. The molecule has 1 heterocycles. The molecule has 0 saturated heterocycles. The molecule has 152 valence electrons. The molecule has 0 radical (unpaired) electrons. The summed E-state index contributed by atoms with van der Waals surface area (Å²) in [4.78, 5) is 10.3. The van der Waals surface area contributed by atoms with E-state index in [1.165, 1.54) is 9.88 Å².